The van der Waals surface area contributed by atoms with Gasteiger partial charge < -0.3 is 10.0 Å². The van der Waals surface area contributed by atoms with Crippen LogP contribution in [0.4, 0.5) is 10.5 Å². The van der Waals surface area contributed by atoms with Gasteiger partial charge in [-0.15, -0.1) is 0 Å². The van der Waals surface area contributed by atoms with Crippen LogP contribution in [0.2, 0.25) is 5.02 Å². The van der Waals surface area contributed by atoms with E-state index in [-0.39, 0.29) is 0 Å². The van der Waals surface area contributed by atoms with E-state index in [2.05, 4.69) is 11.9 Å². The Balaban J connectivity index is 1.89. The Bertz CT molecular complexity index is 750. The molecule has 1 aliphatic heterocycles. The van der Waals surface area contributed by atoms with E-state index in [9.17, 15) is 9.90 Å². The Hall–Kier alpha value is -2.04. The summed E-state index contributed by atoms with van der Waals surface area (Å²) in [5.74, 6) is 0. The van der Waals surface area contributed by atoms with Gasteiger partial charge in [0.05, 0.1) is 5.69 Å². The quantitative estimate of drug-likeness (QED) is 0.820. The summed E-state index contributed by atoms with van der Waals surface area (Å²) in [5.41, 5.74) is 2.38. The number of benzene rings is 2. The average molecular weight is 359 g/mol. The molecule has 0 bridgehead atoms. The molecule has 132 valence electrons. The highest BCUT2D eigenvalue weighted by molar-refractivity contribution is 6.33. The van der Waals surface area contributed by atoms with Crippen LogP contribution in [0.15, 0.2) is 48.5 Å². The van der Waals surface area contributed by atoms with Crippen LogP contribution < -0.4 is 4.90 Å². The van der Waals surface area contributed by atoms with Crippen molar-refractivity contribution >= 4 is 23.4 Å². The Morgan fingerprint density at radius 3 is 2.52 bits per heavy atom. The Morgan fingerprint density at radius 1 is 1.20 bits per heavy atom. The van der Waals surface area contributed by atoms with Crippen LogP contribution >= 0.6 is 11.6 Å². The van der Waals surface area contributed by atoms with E-state index >= 15 is 0 Å². The highest BCUT2D eigenvalue weighted by Gasteiger charge is 2.24. The van der Waals surface area contributed by atoms with Crippen LogP contribution in [0.5, 0.6) is 0 Å². The summed E-state index contributed by atoms with van der Waals surface area (Å²) in [6, 6.07) is 15.5. The minimum Gasteiger partial charge on any atom is -0.465 e. The van der Waals surface area contributed by atoms with Crippen molar-refractivity contribution < 1.29 is 9.90 Å². The first-order valence-electron chi connectivity index (χ1n) is 8.62. The van der Waals surface area contributed by atoms with Crippen molar-refractivity contribution in [3.8, 4) is 11.1 Å². The van der Waals surface area contributed by atoms with Crippen LogP contribution in [0.25, 0.3) is 11.1 Å². The molecule has 4 nitrogen and oxygen atoms in total. The monoisotopic (exact) mass is 358 g/mol. The molecule has 1 saturated heterocycles. The van der Waals surface area contributed by atoms with Gasteiger partial charge in [-0.1, -0.05) is 48.0 Å². The smallest absolute Gasteiger partial charge is 0.411 e. The maximum atomic E-state index is 11.9. The Kier molecular flexibility index (Phi) is 5.61. The molecule has 1 fully saturated rings. The highest BCUT2D eigenvalue weighted by atomic mass is 35.5. The Morgan fingerprint density at radius 2 is 1.88 bits per heavy atom. The van der Waals surface area contributed by atoms with E-state index in [1.54, 1.807) is 0 Å². The van der Waals surface area contributed by atoms with Crippen LogP contribution in [0.1, 0.15) is 19.3 Å². The molecule has 1 N–H and O–H groups in total. The molecule has 5 heteroatoms. The van der Waals surface area contributed by atoms with E-state index in [1.165, 1.54) is 11.3 Å². The minimum absolute atomic E-state index is 0.453. The summed E-state index contributed by atoms with van der Waals surface area (Å²) in [7, 11) is 2.11. The number of nitrogens with zero attached hydrogens (tertiary/aromatic N) is 2. The molecule has 1 aliphatic rings. The van der Waals surface area contributed by atoms with Crippen molar-refractivity contribution in [1.82, 2.24) is 4.90 Å². The number of hydrogen-bond donors (Lipinski definition) is 1. The molecule has 1 atom stereocenters. The number of halogens is 1. The topological polar surface area (TPSA) is 43.8 Å². The second kappa shape index (κ2) is 7.89. The van der Waals surface area contributed by atoms with Crippen molar-refractivity contribution in [2.45, 2.75) is 25.3 Å². The van der Waals surface area contributed by atoms with Crippen molar-refractivity contribution in [1.29, 1.82) is 0 Å². The number of amides is 1. The molecule has 3 rings (SSSR count). The molecule has 0 saturated carbocycles. The van der Waals surface area contributed by atoms with Crippen LogP contribution in [-0.4, -0.2) is 42.3 Å². The number of carbonyl (C=O) groups is 1. The minimum atomic E-state index is -0.930. The molecule has 1 amide bonds. The van der Waals surface area contributed by atoms with Gasteiger partial charge in [-0.2, -0.15) is 0 Å². The first-order chi connectivity index (χ1) is 12.1. The van der Waals surface area contributed by atoms with E-state index in [0.717, 1.165) is 30.5 Å². The molecule has 1 heterocycles. The highest BCUT2D eigenvalue weighted by Crippen LogP contribution is 2.35. The van der Waals surface area contributed by atoms with Crippen LogP contribution in [0.3, 0.4) is 0 Å². The number of carboxylic acid groups (broad SMARTS) is 1. The van der Waals surface area contributed by atoms with E-state index in [1.807, 2.05) is 48.5 Å². The van der Waals surface area contributed by atoms with Crippen LogP contribution in [-0.2, 0) is 0 Å². The first kappa shape index (κ1) is 17.8. The maximum absolute atomic E-state index is 11.9. The molecular weight excluding hydrogens is 336 g/mol. The molecular formula is C20H23ClN2O2. The molecule has 25 heavy (non-hydrogen) atoms. The molecule has 0 spiro atoms. The lowest BCUT2D eigenvalue weighted by Gasteiger charge is -2.26. The van der Waals surface area contributed by atoms with Gasteiger partial charge in [0.1, 0.15) is 0 Å². The number of likely N-dealkylation sites (tertiary alicyclic amines) is 1. The summed E-state index contributed by atoms with van der Waals surface area (Å²) in [4.78, 5) is 15.7. The van der Waals surface area contributed by atoms with Gasteiger partial charge in [-0.3, -0.25) is 4.90 Å². The largest absolute Gasteiger partial charge is 0.465 e. The molecule has 2 aromatic carbocycles. The second-order valence-electron chi connectivity index (χ2n) is 6.50. The van der Waals surface area contributed by atoms with E-state index in [0.29, 0.717) is 23.3 Å². The normalized spacial score (nSPS) is 17.6. The maximum Gasteiger partial charge on any atom is 0.411 e. The predicted octanol–water partition coefficient (Wildman–Crippen LogP) is 4.98. The SMILES string of the molecule is CN1CCCC1CCN(C(=O)O)c1ccccc1-c1ccccc1Cl. The number of rotatable bonds is 5. The average Bonchev–Trinajstić information content (AvgIpc) is 3.01. The van der Waals surface area contributed by atoms with Gasteiger partial charge in [0, 0.05) is 28.7 Å². The zero-order valence-electron chi connectivity index (χ0n) is 14.4. The van der Waals surface area contributed by atoms with Crippen molar-refractivity contribution in [2.24, 2.45) is 0 Å². The number of hydrogen-bond acceptors (Lipinski definition) is 2. The summed E-state index contributed by atoms with van der Waals surface area (Å²) in [5, 5.41) is 10.4. The fourth-order valence-corrected chi connectivity index (χ4v) is 3.80. The molecule has 0 aliphatic carbocycles. The first-order valence-corrected chi connectivity index (χ1v) is 9.00. The van der Waals surface area contributed by atoms with Gasteiger partial charge in [-0.05, 0) is 45.0 Å². The van der Waals surface area contributed by atoms with Gasteiger partial charge in [0.2, 0.25) is 0 Å². The lowest BCUT2D eigenvalue weighted by molar-refractivity contribution is 0.200. The van der Waals surface area contributed by atoms with Gasteiger partial charge in [0.25, 0.3) is 0 Å². The third-order valence-corrected chi connectivity index (χ3v) is 5.28. The second-order valence-corrected chi connectivity index (χ2v) is 6.90. The molecule has 2 aromatic rings. The van der Waals surface area contributed by atoms with Crippen molar-refractivity contribution in [3.63, 3.8) is 0 Å². The summed E-state index contributed by atoms with van der Waals surface area (Å²) in [6.07, 6.45) is 2.22. The fourth-order valence-electron chi connectivity index (χ4n) is 3.56. The standard InChI is InChI=1S/C20H23ClN2O2/c1-22-13-6-7-15(22)12-14-23(20(24)25)19-11-5-3-9-17(19)16-8-2-4-10-18(16)21/h2-5,8-11,15H,6-7,12-14H2,1H3,(H,24,25). The van der Waals surface area contributed by atoms with Crippen LogP contribution in [0, 0.1) is 0 Å². The molecule has 1 unspecified atom stereocenters. The third kappa shape index (κ3) is 3.97. The van der Waals surface area contributed by atoms with Gasteiger partial charge >= 0.3 is 6.09 Å². The number of para-hydroxylation sites is 1. The predicted molar refractivity (Wildman–Crippen MR) is 103 cm³/mol. The lowest BCUT2D eigenvalue weighted by atomic mass is 10.0. The van der Waals surface area contributed by atoms with Crippen molar-refractivity contribution in [2.75, 3.05) is 25.0 Å². The van der Waals surface area contributed by atoms with Gasteiger partial charge in [-0.25, -0.2) is 4.79 Å². The van der Waals surface area contributed by atoms with Gasteiger partial charge in [0.15, 0.2) is 0 Å². The molecule has 0 aromatic heterocycles. The van der Waals surface area contributed by atoms with Crippen molar-refractivity contribution in [3.05, 3.63) is 53.6 Å². The van der Waals surface area contributed by atoms with E-state index < -0.39 is 6.09 Å². The summed E-state index contributed by atoms with van der Waals surface area (Å²) < 4.78 is 0. The zero-order valence-corrected chi connectivity index (χ0v) is 15.1. The molecule has 0 radical (unpaired) electrons. The zero-order chi connectivity index (χ0) is 17.8. The Labute approximate surface area is 153 Å². The summed E-state index contributed by atoms with van der Waals surface area (Å²) >= 11 is 6.34. The lowest BCUT2D eigenvalue weighted by Crippen LogP contribution is -2.35. The van der Waals surface area contributed by atoms with E-state index in [4.69, 9.17) is 11.6 Å². The number of anilines is 1. The third-order valence-electron chi connectivity index (χ3n) is 4.95. The fraction of sp³-hybridized carbons (Fsp3) is 0.350. The summed E-state index contributed by atoms with van der Waals surface area (Å²) in [6.45, 7) is 1.57.